The normalized spacial score (nSPS) is 10.3. The minimum atomic E-state index is -0.376. The summed E-state index contributed by atoms with van der Waals surface area (Å²) in [5, 5.41) is 8.84. The van der Waals surface area contributed by atoms with E-state index in [9.17, 15) is 4.79 Å². The zero-order chi connectivity index (χ0) is 20.5. The SMILES string of the molecule is CCCCc1ccc(C(=O)Oc2ccc(CCc3ccc(C#N)cc3)nc2)cc1. The standard InChI is InChI=1S/C25H24N2O2/c1-2-3-4-19-9-12-22(13-10-19)25(28)29-24-16-15-23(27-18-24)14-11-20-5-7-21(17-26)8-6-20/h5-10,12-13,15-16,18H,2-4,11,14H2,1H3. The molecule has 0 spiro atoms. The number of aromatic nitrogens is 1. The highest BCUT2D eigenvalue weighted by molar-refractivity contribution is 5.91. The predicted octanol–water partition coefficient (Wildman–Crippen LogP) is 5.30. The van der Waals surface area contributed by atoms with Gasteiger partial charge in [-0.05, 0) is 73.2 Å². The lowest BCUT2D eigenvalue weighted by Crippen LogP contribution is -2.09. The maximum absolute atomic E-state index is 12.3. The second kappa shape index (κ2) is 10.2. The Hall–Kier alpha value is -3.45. The molecule has 4 heteroatoms. The van der Waals surface area contributed by atoms with Gasteiger partial charge in [-0.3, -0.25) is 4.98 Å². The quantitative estimate of drug-likeness (QED) is 0.494. The zero-order valence-electron chi connectivity index (χ0n) is 16.6. The Balaban J connectivity index is 1.52. The van der Waals surface area contributed by atoms with E-state index in [0.717, 1.165) is 43.4 Å². The summed E-state index contributed by atoms with van der Waals surface area (Å²) in [5.41, 5.74) is 4.51. The highest BCUT2D eigenvalue weighted by Crippen LogP contribution is 2.15. The van der Waals surface area contributed by atoms with E-state index in [0.29, 0.717) is 16.9 Å². The fourth-order valence-corrected chi connectivity index (χ4v) is 2.99. The van der Waals surface area contributed by atoms with Gasteiger partial charge in [0, 0.05) is 5.69 Å². The number of nitrogens with zero attached hydrogens (tertiary/aromatic N) is 2. The summed E-state index contributed by atoms with van der Waals surface area (Å²) in [6, 6.07) is 20.9. The molecule has 0 saturated heterocycles. The number of ether oxygens (including phenoxy) is 1. The minimum Gasteiger partial charge on any atom is -0.421 e. The smallest absolute Gasteiger partial charge is 0.343 e. The third-order valence-corrected chi connectivity index (χ3v) is 4.77. The summed E-state index contributed by atoms with van der Waals surface area (Å²) in [7, 11) is 0. The van der Waals surface area contributed by atoms with Crippen LogP contribution in [0.2, 0.25) is 0 Å². The molecule has 0 unspecified atom stereocenters. The molecule has 0 aliphatic heterocycles. The van der Waals surface area contributed by atoms with Gasteiger partial charge in [-0.1, -0.05) is 37.6 Å². The van der Waals surface area contributed by atoms with E-state index >= 15 is 0 Å². The van der Waals surface area contributed by atoms with Crippen molar-refractivity contribution in [2.75, 3.05) is 0 Å². The van der Waals surface area contributed by atoms with Gasteiger partial charge in [-0.15, -0.1) is 0 Å². The Labute approximate surface area is 171 Å². The van der Waals surface area contributed by atoms with E-state index in [2.05, 4.69) is 18.0 Å². The first kappa shape index (κ1) is 20.3. The van der Waals surface area contributed by atoms with Crippen LogP contribution in [0.5, 0.6) is 5.75 Å². The summed E-state index contributed by atoms with van der Waals surface area (Å²) in [6.45, 7) is 2.16. The highest BCUT2D eigenvalue weighted by atomic mass is 16.5. The van der Waals surface area contributed by atoms with Crippen molar-refractivity contribution in [1.82, 2.24) is 4.98 Å². The van der Waals surface area contributed by atoms with Crippen molar-refractivity contribution < 1.29 is 9.53 Å². The van der Waals surface area contributed by atoms with E-state index in [1.165, 1.54) is 5.56 Å². The third kappa shape index (κ3) is 6.02. The Kier molecular flexibility index (Phi) is 7.13. The minimum absolute atomic E-state index is 0.376. The lowest BCUT2D eigenvalue weighted by Gasteiger charge is -2.06. The zero-order valence-corrected chi connectivity index (χ0v) is 16.6. The van der Waals surface area contributed by atoms with E-state index in [1.807, 2.05) is 54.6 Å². The van der Waals surface area contributed by atoms with Gasteiger partial charge in [0.1, 0.15) is 5.75 Å². The first-order valence-electron chi connectivity index (χ1n) is 9.93. The number of nitriles is 1. The molecule has 4 nitrogen and oxygen atoms in total. The van der Waals surface area contributed by atoms with Crippen molar-refractivity contribution in [2.24, 2.45) is 0 Å². The van der Waals surface area contributed by atoms with Crippen LogP contribution in [0.1, 0.15) is 52.5 Å². The van der Waals surface area contributed by atoms with E-state index in [1.54, 1.807) is 12.3 Å². The molecular formula is C25H24N2O2. The molecule has 0 aliphatic rings. The van der Waals surface area contributed by atoms with E-state index in [4.69, 9.17) is 10.00 Å². The Morgan fingerprint density at radius 1 is 0.931 bits per heavy atom. The number of rotatable bonds is 8. The van der Waals surface area contributed by atoms with Crippen LogP contribution in [0.3, 0.4) is 0 Å². The number of pyridine rings is 1. The number of carbonyl (C=O) groups is 1. The third-order valence-electron chi connectivity index (χ3n) is 4.77. The second-order valence-corrected chi connectivity index (χ2v) is 6.98. The van der Waals surface area contributed by atoms with Gasteiger partial charge in [0.05, 0.1) is 23.4 Å². The van der Waals surface area contributed by atoms with Gasteiger partial charge in [0.2, 0.25) is 0 Å². The van der Waals surface area contributed by atoms with Crippen LogP contribution < -0.4 is 4.74 Å². The fourth-order valence-electron chi connectivity index (χ4n) is 2.99. The first-order valence-corrected chi connectivity index (χ1v) is 9.93. The highest BCUT2D eigenvalue weighted by Gasteiger charge is 2.09. The molecule has 0 aliphatic carbocycles. The molecule has 0 fully saturated rings. The number of hydrogen-bond acceptors (Lipinski definition) is 4. The monoisotopic (exact) mass is 384 g/mol. The molecule has 0 radical (unpaired) electrons. The largest absolute Gasteiger partial charge is 0.421 e. The van der Waals surface area contributed by atoms with Gasteiger partial charge in [-0.2, -0.15) is 5.26 Å². The van der Waals surface area contributed by atoms with Crippen LogP contribution >= 0.6 is 0 Å². The Morgan fingerprint density at radius 3 is 2.24 bits per heavy atom. The lowest BCUT2D eigenvalue weighted by molar-refractivity contribution is 0.0734. The molecule has 0 atom stereocenters. The van der Waals surface area contributed by atoms with Crippen molar-refractivity contribution in [1.29, 1.82) is 5.26 Å². The first-order chi connectivity index (χ1) is 14.2. The summed E-state index contributed by atoms with van der Waals surface area (Å²) >= 11 is 0. The average molecular weight is 384 g/mol. The Bertz CT molecular complexity index is 969. The molecule has 3 aromatic rings. The van der Waals surface area contributed by atoms with Crippen LogP contribution in [0.4, 0.5) is 0 Å². The van der Waals surface area contributed by atoms with Crippen molar-refractivity contribution >= 4 is 5.97 Å². The number of unbranched alkanes of at least 4 members (excludes halogenated alkanes) is 1. The van der Waals surface area contributed by atoms with Gasteiger partial charge in [0.25, 0.3) is 0 Å². The number of hydrogen-bond donors (Lipinski definition) is 0. The van der Waals surface area contributed by atoms with Crippen molar-refractivity contribution in [3.05, 3.63) is 94.8 Å². The molecule has 3 rings (SSSR count). The second-order valence-electron chi connectivity index (χ2n) is 6.98. The predicted molar refractivity (Wildman–Crippen MR) is 113 cm³/mol. The number of aryl methyl sites for hydroxylation is 3. The van der Waals surface area contributed by atoms with Crippen LogP contribution in [-0.4, -0.2) is 11.0 Å². The molecule has 1 heterocycles. The molecular weight excluding hydrogens is 360 g/mol. The van der Waals surface area contributed by atoms with Crippen molar-refractivity contribution in [3.8, 4) is 11.8 Å². The summed E-state index contributed by atoms with van der Waals surface area (Å²) in [5.74, 6) is 0.0614. The van der Waals surface area contributed by atoms with Gasteiger partial charge >= 0.3 is 5.97 Å². The maximum Gasteiger partial charge on any atom is 0.343 e. The molecule has 29 heavy (non-hydrogen) atoms. The van der Waals surface area contributed by atoms with Gasteiger partial charge in [0.15, 0.2) is 0 Å². The molecule has 0 N–H and O–H groups in total. The van der Waals surface area contributed by atoms with E-state index in [-0.39, 0.29) is 5.97 Å². The topological polar surface area (TPSA) is 63.0 Å². The van der Waals surface area contributed by atoms with Crippen LogP contribution in [0.25, 0.3) is 0 Å². The Morgan fingerprint density at radius 2 is 1.62 bits per heavy atom. The molecule has 0 amide bonds. The summed E-state index contributed by atoms with van der Waals surface area (Å²) < 4.78 is 5.43. The number of carbonyl (C=O) groups excluding carboxylic acids is 1. The van der Waals surface area contributed by atoms with Crippen molar-refractivity contribution in [3.63, 3.8) is 0 Å². The molecule has 146 valence electrons. The molecule has 1 aromatic heterocycles. The average Bonchev–Trinajstić information content (AvgIpc) is 2.78. The van der Waals surface area contributed by atoms with Crippen LogP contribution in [0.15, 0.2) is 66.9 Å². The lowest BCUT2D eigenvalue weighted by atomic mass is 10.1. The van der Waals surface area contributed by atoms with Crippen LogP contribution in [0, 0.1) is 11.3 Å². The van der Waals surface area contributed by atoms with E-state index < -0.39 is 0 Å². The molecule has 2 aromatic carbocycles. The van der Waals surface area contributed by atoms with Gasteiger partial charge < -0.3 is 4.74 Å². The number of benzene rings is 2. The summed E-state index contributed by atoms with van der Waals surface area (Å²) in [4.78, 5) is 16.7. The van der Waals surface area contributed by atoms with Gasteiger partial charge in [-0.25, -0.2) is 4.79 Å². The van der Waals surface area contributed by atoms with Crippen molar-refractivity contribution in [2.45, 2.75) is 39.0 Å². The number of esters is 1. The molecule has 0 bridgehead atoms. The molecule has 0 saturated carbocycles. The maximum atomic E-state index is 12.3. The van der Waals surface area contributed by atoms with Crippen LogP contribution in [-0.2, 0) is 19.3 Å². The summed E-state index contributed by atoms with van der Waals surface area (Å²) in [6.07, 6.45) is 6.52. The fraction of sp³-hybridized carbons (Fsp3) is 0.240.